The van der Waals surface area contributed by atoms with Crippen molar-refractivity contribution in [3.63, 3.8) is 0 Å². The average Bonchev–Trinajstić information content (AvgIpc) is 2.87. The number of hydrogen-bond donors (Lipinski definition) is 1. The maximum absolute atomic E-state index is 12.1. The van der Waals surface area contributed by atoms with E-state index in [1.54, 1.807) is 12.1 Å². The second-order valence-electron chi connectivity index (χ2n) is 4.08. The quantitative estimate of drug-likeness (QED) is 0.857. The number of methoxy groups -OCH3 is 1. The molecule has 0 bridgehead atoms. The molecular weight excluding hydrogens is 236 g/mol. The highest BCUT2D eigenvalue weighted by atomic mass is 16.5. The van der Waals surface area contributed by atoms with Crippen LogP contribution < -0.4 is 4.74 Å². The molecule has 2 rings (SSSR count). The Labute approximate surface area is 104 Å². The summed E-state index contributed by atoms with van der Waals surface area (Å²) in [5.74, 6) is -0.833. The van der Waals surface area contributed by atoms with Gasteiger partial charge >= 0.3 is 5.97 Å². The maximum Gasteiger partial charge on any atom is 0.326 e. The number of carboxylic acid groups (broad SMARTS) is 1. The highest BCUT2D eigenvalue weighted by Gasteiger charge is 2.34. The highest BCUT2D eigenvalue weighted by Crippen LogP contribution is 2.20. The Kier molecular flexibility index (Phi) is 3.45. The van der Waals surface area contributed by atoms with Gasteiger partial charge in [-0.1, -0.05) is 0 Å². The van der Waals surface area contributed by atoms with Crippen LogP contribution in [0.3, 0.4) is 0 Å². The van der Waals surface area contributed by atoms with Crippen molar-refractivity contribution in [2.24, 2.45) is 0 Å². The molecule has 0 aromatic carbocycles. The standard InChI is InChI=1S/C12H14N2O4/c1-18-10-5-4-8(7-13-10)11(15)14-6-2-3-9(14)12(16)17/h4-5,7,9H,2-3,6H2,1H3,(H,16,17)/t9-/m0/s1. The lowest BCUT2D eigenvalue weighted by Crippen LogP contribution is -2.40. The van der Waals surface area contributed by atoms with Crippen molar-refractivity contribution in [3.8, 4) is 5.88 Å². The van der Waals surface area contributed by atoms with E-state index >= 15 is 0 Å². The molecule has 18 heavy (non-hydrogen) atoms. The first-order valence-corrected chi connectivity index (χ1v) is 5.67. The molecule has 2 heterocycles. The molecule has 6 nitrogen and oxygen atoms in total. The number of nitrogens with zero attached hydrogens (tertiary/aromatic N) is 2. The smallest absolute Gasteiger partial charge is 0.326 e. The predicted molar refractivity (Wildman–Crippen MR) is 62.5 cm³/mol. The Morgan fingerprint density at radius 2 is 2.28 bits per heavy atom. The minimum Gasteiger partial charge on any atom is -0.481 e. The summed E-state index contributed by atoms with van der Waals surface area (Å²) < 4.78 is 4.90. The molecule has 1 saturated heterocycles. The normalized spacial score (nSPS) is 18.7. The van der Waals surface area contributed by atoms with Crippen molar-refractivity contribution in [2.45, 2.75) is 18.9 Å². The second kappa shape index (κ2) is 5.03. The summed E-state index contributed by atoms with van der Waals surface area (Å²) in [4.78, 5) is 28.5. The summed E-state index contributed by atoms with van der Waals surface area (Å²) in [7, 11) is 1.49. The van der Waals surface area contributed by atoms with E-state index in [1.807, 2.05) is 0 Å². The van der Waals surface area contributed by atoms with Gasteiger partial charge in [0.1, 0.15) is 6.04 Å². The third-order valence-corrected chi connectivity index (χ3v) is 2.99. The number of pyridine rings is 1. The van der Waals surface area contributed by atoms with Gasteiger partial charge in [0.05, 0.1) is 12.7 Å². The Morgan fingerprint density at radius 3 is 2.83 bits per heavy atom. The Morgan fingerprint density at radius 1 is 1.50 bits per heavy atom. The Bertz CT molecular complexity index is 458. The highest BCUT2D eigenvalue weighted by molar-refractivity contribution is 5.96. The van der Waals surface area contributed by atoms with Gasteiger partial charge in [-0.3, -0.25) is 4.79 Å². The summed E-state index contributed by atoms with van der Waals surface area (Å²) in [5.41, 5.74) is 0.379. The van der Waals surface area contributed by atoms with Gasteiger partial charge in [0.25, 0.3) is 5.91 Å². The minimum atomic E-state index is -0.956. The predicted octanol–water partition coefficient (Wildman–Crippen LogP) is 0.779. The molecule has 1 aliphatic heterocycles. The SMILES string of the molecule is COc1ccc(C(=O)N2CCC[C@H]2C(=O)O)cn1. The number of aromatic nitrogens is 1. The van der Waals surface area contributed by atoms with Gasteiger partial charge in [0.2, 0.25) is 5.88 Å². The number of carboxylic acids is 1. The zero-order valence-corrected chi connectivity index (χ0v) is 10.00. The van der Waals surface area contributed by atoms with E-state index in [0.717, 1.165) is 0 Å². The van der Waals surface area contributed by atoms with E-state index in [2.05, 4.69) is 4.98 Å². The van der Waals surface area contributed by atoms with Gasteiger partial charge < -0.3 is 14.7 Å². The van der Waals surface area contributed by atoms with Crippen LogP contribution in [0.2, 0.25) is 0 Å². The summed E-state index contributed by atoms with van der Waals surface area (Å²) >= 11 is 0. The molecule has 0 spiro atoms. The van der Waals surface area contributed by atoms with E-state index in [9.17, 15) is 9.59 Å². The molecule has 0 aliphatic carbocycles. The van der Waals surface area contributed by atoms with Crippen LogP contribution in [0.4, 0.5) is 0 Å². The zero-order chi connectivity index (χ0) is 13.1. The van der Waals surface area contributed by atoms with Crippen LogP contribution in [0.1, 0.15) is 23.2 Å². The third-order valence-electron chi connectivity index (χ3n) is 2.99. The average molecular weight is 250 g/mol. The fourth-order valence-corrected chi connectivity index (χ4v) is 2.06. The molecule has 1 aromatic rings. The number of carbonyl (C=O) groups excluding carboxylic acids is 1. The molecule has 0 unspecified atom stereocenters. The Balaban J connectivity index is 2.17. The molecule has 1 aromatic heterocycles. The first-order chi connectivity index (χ1) is 8.63. The van der Waals surface area contributed by atoms with E-state index < -0.39 is 12.0 Å². The molecule has 0 saturated carbocycles. The lowest BCUT2D eigenvalue weighted by molar-refractivity contribution is -0.141. The summed E-state index contributed by atoms with van der Waals surface area (Å²) in [5, 5.41) is 9.03. The van der Waals surface area contributed by atoms with Crippen LogP contribution >= 0.6 is 0 Å². The van der Waals surface area contributed by atoms with E-state index in [4.69, 9.17) is 9.84 Å². The van der Waals surface area contributed by atoms with E-state index in [1.165, 1.54) is 18.2 Å². The van der Waals surface area contributed by atoms with Crippen LogP contribution in [-0.4, -0.2) is 46.6 Å². The number of amides is 1. The molecule has 1 amide bonds. The molecular formula is C12H14N2O4. The van der Waals surface area contributed by atoms with E-state index in [-0.39, 0.29) is 5.91 Å². The van der Waals surface area contributed by atoms with Crippen molar-refractivity contribution >= 4 is 11.9 Å². The monoisotopic (exact) mass is 250 g/mol. The van der Waals surface area contributed by atoms with Gasteiger partial charge in [-0.2, -0.15) is 0 Å². The molecule has 1 aliphatic rings. The van der Waals surface area contributed by atoms with Crippen LogP contribution in [0.5, 0.6) is 5.88 Å². The summed E-state index contributed by atoms with van der Waals surface area (Å²) in [6, 6.07) is 2.45. The Hall–Kier alpha value is -2.11. The molecule has 0 radical (unpaired) electrons. The summed E-state index contributed by atoms with van der Waals surface area (Å²) in [6.07, 6.45) is 2.62. The number of likely N-dealkylation sites (tertiary alicyclic amines) is 1. The lowest BCUT2D eigenvalue weighted by atomic mass is 10.2. The second-order valence-corrected chi connectivity index (χ2v) is 4.08. The van der Waals surface area contributed by atoms with Crippen molar-refractivity contribution in [2.75, 3.05) is 13.7 Å². The fraction of sp³-hybridized carbons (Fsp3) is 0.417. The maximum atomic E-state index is 12.1. The number of ether oxygens (including phenoxy) is 1. The van der Waals surface area contributed by atoms with Crippen LogP contribution in [0, 0.1) is 0 Å². The number of aliphatic carboxylic acids is 1. The first kappa shape index (κ1) is 12.3. The van der Waals surface area contributed by atoms with Crippen molar-refractivity contribution < 1.29 is 19.4 Å². The first-order valence-electron chi connectivity index (χ1n) is 5.67. The number of hydrogen-bond acceptors (Lipinski definition) is 4. The van der Waals surface area contributed by atoms with Crippen molar-refractivity contribution in [3.05, 3.63) is 23.9 Å². The van der Waals surface area contributed by atoms with Gasteiger partial charge in [0.15, 0.2) is 0 Å². The van der Waals surface area contributed by atoms with Crippen molar-refractivity contribution in [1.82, 2.24) is 9.88 Å². The van der Waals surface area contributed by atoms with Gasteiger partial charge in [0, 0.05) is 18.8 Å². The lowest BCUT2D eigenvalue weighted by Gasteiger charge is -2.21. The molecule has 1 atom stereocenters. The fourth-order valence-electron chi connectivity index (χ4n) is 2.06. The minimum absolute atomic E-state index is 0.296. The summed E-state index contributed by atoms with van der Waals surface area (Å²) in [6.45, 7) is 0.474. The van der Waals surface area contributed by atoms with Crippen molar-refractivity contribution in [1.29, 1.82) is 0 Å². The number of rotatable bonds is 3. The van der Waals surface area contributed by atoms with Crippen LogP contribution in [0.15, 0.2) is 18.3 Å². The topological polar surface area (TPSA) is 79.7 Å². The van der Waals surface area contributed by atoms with E-state index in [0.29, 0.717) is 30.8 Å². The number of carbonyl (C=O) groups is 2. The van der Waals surface area contributed by atoms with Gasteiger partial charge in [-0.25, -0.2) is 9.78 Å². The largest absolute Gasteiger partial charge is 0.481 e. The van der Waals surface area contributed by atoms with Crippen LogP contribution in [0.25, 0.3) is 0 Å². The zero-order valence-electron chi connectivity index (χ0n) is 10.00. The molecule has 1 fully saturated rings. The molecule has 1 N–H and O–H groups in total. The third kappa shape index (κ3) is 2.27. The van der Waals surface area contributed by atoms with Crippen LogP contribution in [-0.2, 0) is 4.79 Å². The van der Waals surface area contributed by atoms with Gasteiger partial charge in [-0.05, 0) is 18.9 Å². The van der Waals surface area contributed by atoms with Gasteiger partial charge in [-0.15, -0.1) is 0 Å². The molecule has 96 valence electrons. The molecule has 6 heteroatoms.